The lowest BCUT2D eigenvalue weighted by Gasteiger charge is -2.26. The van der Waals surface area contributed by atoms with E-state index in [1.54, 1.807) is 11.9 Å². The summed E-state index contributed by atoms with van der Waals surface area (Å²) in [5.41, 5.74) is 10.3. The first-order valence-corrected chi connectivity index (χ1v) is 14.1. The van der Waals surface area contributed by atoms with Crippen molar-refractivity contribution >= 4 is 23.4 Å². The third kappa shape index (κ3) is 10.2. The van der Waals surface area contributed by atoms with E-state index in [-0.39, 0.29) is 43.1 Å². The van der Waals surface area contributed by atoms with Crippen LogP contribution in [-0.2, 0) is 27.5 Å². The van der Waals surface area contributed by atoms with Crippen LogP contribution in [0.15, 0.2) is 78.9 Å². The van der Waals surface area contributed by atoms with E-state index in [0.717, 1.165) is 27.9 Å². The van der Waals surface area contributed by atoms with E-state index in [1.165, 1.54) is 0 Å². The van der Waals surface area contributed by atoms with Crippen LogP contribution in [0.4, 0.5) is 5.69 Å². The van der Waals surface area contributed by atoms with Crippen molar-refractivity contribution < 1.29 is 14.4 Å². The minimum Gasteiger partial charge on any atom is -0.353 e. The number of nitrogens with one attached hydrogen (secondary N) is 3. The van der Waals surface area contributed by atoms with E-state index in [9.17, 15) is 14.4 Å². The third-order valence-corrected chi connectivity index (χ3v) is 6.70. The first-order chi connectivity index (χ1) is 19.6. The second kappa shape index (κ2) is 15.1. The Bertz CT molecular complexity index is 1290. The molecule has 218 valence electrons. The molecule has 0 spiro atoms. The Kier molecular flexibility index (Phi) is 11.6. The van der Waals surface area contributed by atoms with Crippen LogP contribution < -0.4 is 26.6 Å². The van der Waals surface area contributed by atoms with Crippen molar-refractivity contribution in [1.82, 2.24) is 16.0 Å². The van der Waals surface area contributed by atoms with E-state index in [1.807, 2.05) is 99.6 Å². The quantitative estimate of drug-likeness (QED) is 0.238. The van der Waals surface area contributed by atoms with Gasteiger partial charge in [-0.25, -0.2) is 0 Å². The zero-order chi connectivity index (χ0) is 29.8. The van der Waals surface area contributed by atoms with Gasteiger partial charge in [-0.15, -0.1) is 0 Å². The Morgan fingerprint density at radius 1 is 0.902 bits per heavy atom. The number of nitrogens with two attached hydrogens (primary N) is 1. The van der Waals surface area contributed by atoms with Crippen molar-refractivity contribution in [1.29, 1.82) is 0 Å². The van der Waals surface area contributed by atoms with Gasteiger partial charge in [0.15, 0.2) is 0 Å². The molecule has 3 rings (SSSR count). The number of nitrogens with zero attached hydrogens (tertiary/aromatic N) is 1. The average Bonchev–Trinajstić information content (AvgIpc) is 2.94. The van der Waals surface area contributed by atoms with Gasteiger partial charge in [0.25, 0.3) is 0 Å². The SMILES string of the molecule is CCC(CC(=O)N(Cc1ccc(-c2ccccc2CNC(=O)CNC)cc1)c1ccccc1)NC(=O)CC(C)(C)N. The fourth-order valence-electron chi connectivity index (χ4n) is 4.59. The maximum absolute atomic E-state index is 13.6. The van der Waals surface area contributed by atoms with E-state index in [0.29, 0.717) is 19.5 Å². The minimum atomic E-state index is -0.615. The number of anilines is 1. The topological polar surface area (TPSA) is 117 Å². The van der Waals surface area contributed by atoms with Gasteiger partial charge in [0, 0.05) is 36.7 Å². The van der Waals surface area contributed by atoms with Gasteiger partial charge in [-0.2, -0.15) is 0 Å². The fourth-order valence-corrected chi connectivity index (χ4v) is 4.59. The number of amides is 3. The Balaban J connectivity index is 1.76. The molecule has 0 bridgehead atoms. The summed E-state index contributed by atoms with van der Waals surface area (Å²) in [6.07, 6.45) is 1.01. The van der Waals surface area contributed by atoms with E-state index in [2.05, 4.69) is 16.0 Å². The molecular weight excluding hydrogens is 514 g/mol. The predicted molar refractivity (Wildman–Crippen MR) is 165 cm³/mol. The summed E-state index contributed by atoms with van der Waals surface area (Å²) in [6.45, 7) is 6.68. The summed E-state index contributed by atoms with van der Waals surface area (Å²) < 4.78 is 0. The number of likely N-dealkylation sites (N-methyl/N-ethyl adjacent to an activating group) is 1. The smallest absolute Gasteiger partial charge is 0.234 e. The molecule has 0 aliphatic rings. The highest BCUT2D eigenvalue weighted by Crippen LogP contribution is 2.26. The van der Waals surface area contributed by atoms with E-state index in [4.69, 9.17) is 5.73 Å². The first-order valence-electron chi connectivity index (χ1n) is 14.1. The number of carbonyl (C=O) groups excluding carboxylic acids is 3. The van der Waals surface area contributed by atoms with Crippen molar-refractivity contribution in [3.8, 4) is 11.1 Å². The van der Waals surface area contributed by atoms with Crippen molar-refractivity contribution in [2.24, 2.45) is 5.73 Å². The lowest BCUT2D eigenvalue weighted by molar-refractivity contribution is -0.123. The number of para-hydroxylation sites is 1. The molecule has 41 heavy (non-hydrogen) atoms. The molecule has 8 nitrogen and oxygen atoms in total. The summed E-state index contributed by atoms with van der Waals surface area (Å²) in [5, 5.41) is 8.78. The molecule has 1 unspecified atom stereocenters. The third-order valence-electron chi connectivity index (χ3n) is 6.70. The molecule has 3 aromatic rings. The largest absolute Gasteiger partial charge is 0.353 e. The molecule has 0 aliphatic carbocycles. The van der Waals surface area contributed by atoms with Gasteiger partial charge in [0.05, 0.1) is 13.1 Å². The minimum absolute atomic E-state index is 0.0589. The molecule has 0 aromatic heterocycles. The summed E-state index contributed by atoms with van der Waals surface area (Å²) in [5.74, 6) is -0.278. The van der Waals surface area contributed by atoms with Crippen LogP contribution in [0.1, 0.15) is 51.2 Å². The van der Waals surface area contributed by atoms with Crippen molar-refractivity contribution in [2.75, 3.05) is 18.5 Å². The van der Waals surface area contributed by atoms with Gasteiger partial charge in [-0.3, -0.25) is 14.4 Å². The maximum atomic E-state index is 13.6. The molecule has 0 saturated heterocycles. The van der Waals surface area contributed by atoms with Crippen molar-refractivity contribution in [2.45, 2.75) is 64.7 Å². The van der Waals surface area contributed by atoms with Crippen LogP contribution in [0.2, 0.25) is 0 Å². The second-order valence-corrected chi connectivity index (χ2v) is 11.0. The Morgan fingerprint density at radius 2 is 1.56 bits per heavy atom. The molecule has 8 heteroatoms. The number of hydrogen-bond donors (Lipinski definition) is 4. The van der Waals surface area contributed by atoms with Gasteiger partial charge in [0.1, 0.15) is 0 Å². The van der Waals surface area contributed by atoms with Gasteiger partial charge in [0.2, 0.25) is 17.7 Å². The molecule has 0 fully saturated rings. The van der Waals surface area contributed by atoms with Crippen molar-refractivity contribution in [3.63, 3.8) is 0 Å². The fraction of sp³-hybridized carbons (Fsp3) is 0.364. The van der Waals surface area contributed by atoms with Gasteiger partial charge in [-0.1, -0.05) is 73.7 Å². The Labute approximate surface area is 243 Å². The lowest BCUT2D eigenvalue weighted by atomic mass is 9.98. The number of carbonyl (C=O) groups is 3. The molecule has 0 saturated carbocycles. The monoisotopic (exact) mass is 557 g/mol. The van der Waals surface area contributed by atoms with Gasteiger partial charge < -0.3 is 26.6 Å². The lowest BCUT2D eigenvalue weighted by Crippen LogP contribution is -2.44. The van der Waals surface area contributed by atoms with Gasteiger partial charge in [-0.05, 0) is 61.7 Å². The molecule has 3 aromatic carbocycles. The van der Waals surface area contributed by atoms with E-state index >= 15 is 0 Å². The predicted octanol–water partition coefficient (Wildman–Crippen LogP) is 4.13. The Hall–Kier alpha value is -4.01. The molecule has 0 radical (unpaired) electrons. The molecule has 3 amide bonds. The van der Waals surface area contributed by atoms with Crippen molar-refractivity contribution in [3.05, 3.63) is 90.0 Å². The number of rotatable bonds is 14. The highest BCUT2D eigenvalue weighted by molar-refractivity contribution is 5.94. The van der Waals surface area contributed by atoms with Crippen LogP contribution in [0, 0.1) is 0 Å². The van der Waals surface area contributed by atoms with Gasteiger partial charge >= 0.3 is 0 Å². The maximum Gasteiger partial charge on any atom is 0.234 e. The number of benzene rings is 3. The highest BCUT2D eigenvalue weighted by atomic mass is 16.2. The van der Waals surface area contributed by atoms with E-state index < -0.39 is 5.54 Å². The summed E-state index contributed by atoms with van der Waals surface area (Å²) in [4.78, 5) is 39.8. The Morgan fingerprint density at radius 3 is 2.20 bits per heavy atom. The van der Waals surface area contributed by atoms with Crippen LogP contribution in [0.5, 0.6) is 0 Å². The molecule has 0 aliphatic heterocycles. The highest BCUT2D eigenvalue weighted by Gasteiger charge is 2.23. The average molecular weight is 558 g/mol. The second-order valence-electron chi connectivity index (χ2n) is 11.0. The standard InChI is InChI=1S/C33H43N5O3/c1-5-27(37-30(39)20-33(2,3)34)19-32(41)38(28-12-7-6-8-13-28)23-24-15-17-25(18-16-24)29-14-10-9-11-26(29)21-36-31(40)22-35-4/h6-18,27,35H,5,19-23,34H2,1-4H3,(H,36,40)(H,37,39). The molecule has 1 atom stereocenters. The van der Waals surface area contributed by atoms with Crippen LogP contribution in [0.25, 0.3) is 11.1 Å². The first kappa shape index (κ1) is 31.5. The summed E-state index contributed by atoms with van der Waals surface area (Å²) in [6, 6.07) is 25.4. The summed E-state index contributed by atoms with van der Waals surface area (Å²) in [7, 11) is 1.74. The van der Waals surface area contributed by atoms with Crippen LogP contribution in [0.3, 0.4) is 0 Å². The normalized spacial score (nSPS) is 11.9. The van der Waals surface area contributed by atoms with Crippen LogP contribution >= 0.6 is 0 Å². The summed E-state index contributed by atoms with van der Waals surface area (Å²) >= 11 is 0. The molecule has 0 heterocycles. The van der Waals surface area contributed by atoms with Crippen LogP contribution in [-0.4, -0.2) is 42.9 Å². The molecular formula is C33H43N5O3. The molecule has 5 N–H and O–H groups in total. The zero-order valence-electron chi connectivity index (χ0n) is 24.6. The number of hydrogen-bond acceptors (Lipinski definition) is 5. The zero-order valence-corrected chi connectivity index (χ0v) is 24.6.